The van der Waals surface area contributed by atoms with Crippen LogP contribution in [0.15, 0.2) is 121 Å². The second-order valence-corrected chi connectivity index (χ2v) is 11.5. The monoisotopic (exact) mass is 650 g/mol. The standard InChI is InChI=1S/C36H25F2IN2/c1-2-23-3-5-24(6-4-23)33-19-26-21-36-27(22-35(26)40(33)31-15-9-28(37)10-16-31)20-34(25-7-13-30(39)14-8-25)41(36)32-17-11-29(38)12-18-32/h3-22H,2H2,1H3. The highest BCUT2D eigenvalue weighted by Gasteiger charge is 2.18. The maximum absolute atomic E-state index is 13.9. The minimum atomic E-state index is -0.265. The average Bonchev–Trinajstić information content (AvgIpc) is 3.55. The molecule has 41 heavy (non-hydrogen) atoms. The molecule has 2 nitrogen and oxygen atoms in total. The van der Waals surface area contributed by atoms with Gasteiger partial charge < -0.3 is 9.13 Å². The Bertz CT molecular complexity index is 2020. The molecular weight excluding hydrogens is 625 g/mol. The van der Waals surface area contributed by atoms with Crippen LogP contribution < -0.4 is 0 Å². The zero-order valence-corrected chi connectivity index (χ0v) is 24.4. The highest BCUT2D eigenvalue weighted by molar-refractivity contribution is 14.1. The molecule has 0 spiro atoms. The summed E-state index contributed by atoms with van der Waals surface area (Å²) in [6.07, 6.45) is 0.975. The fraction of sp³-hybridized carbons (Fsp3) is 0.0556. The fourth-order valence-electron chi connectivity index (χ4n) is 5.60. The van der Waals surface area contributed by atoms with Gasteiger partial charge in [-0.1, -0.05) is 43.3 Å². The molecule has 7 rings (SSSR count). The van der Waals surface area contributed by atoms with Crippen LogP contribution in [-0.2, 0) is 6.42 Å². The quantitative estimate of drug-likeness (QED) is 0.164. The maximum atomic E-state index is 13.9. The molecule has 2 heterocycles. The first-order chi connectivity index (χ1) is 20.0. The first-order valence-electron chi connectivity index (χ1n) is 13.6. The van der Waals surface area contributed by atoms with E-state index in [0.717, 1.165) is 65.7 Å². The highest BCUT2D eigenvalue weighted by atomic mass is 127. The van der Waals surface area contributed by atoms with Gasteiger partial charge in [-0.3, -0.25) is 0 Å². The Morgan fingerprint density at radius 3 is 1.37 bits per heavy atom. The van der Waals surface area contributed by atoms with Gasteiger partial charge in [0.15, 0.2) is 0 Å². The highest BCUT2D eigenvalue weighted by Crippen LogP contribution is 2.38. The van der Waals surface area contributed by atoms with Crippen molar-refractivity contribution in [3.05, 3.63) is 142 Å². The lowest BCUT2D eigenvalue weighted by atomic mass is 10.1. The lowest BCUT2D eigenvalue weighted by molar-refractivity contribution is 0.627. The Labute approximate surface area is 250 Å². The first kappa shape index (κ1) is 25.7. The molecule has 0 bridgehead atoms. The third-order valence-electron chi connectivity index (χ3n) is 7.69. The maximum Gasteiger partial charge on any atom is 0.123 e. The van der Waals surface area contributed by atoms with Crippen LogP contribution in [0.25, 0.3) is 55.7 Å². The predicted molar refractivity (Wildman–Crippen MR) is 173 cm³/mol. The van der Waals surface area contributed by atoms with Crippen molar-refractivity contribution in [1.29, 1.82) is 0 Å². The zero-order chi connectivity index (χ0) is 28.1. The first-order valence-corrected chi connectivity index (χ1v) is 14.6. The molecule has 0 saturated carbocycles. The molecule has 0 aliphatic heterocycles. The minimum Gasteiger partial charge on any atom is -0.309 e. The van der Waals surface area contributed by atoms with E-state index in [-0.39, 0.29) is 11.6 Å². The van der Waals surface area contributed by atoms with Crippen molar-refractivity contribution in [3.63, 3.8) is 0 Å². The summed E-state index contributed by atoms with van der Waals surface area (Å²) in [4.78, 5) is 0. The molecule has 0 unspecified atom stereocenters. The second-order valence-electron chi connectivity index (χ2n) is 10.2. The van der Waals surface area contributed by atoms with Gasteiger partial charge in [0.25, 0.3) is 0 Å². The van der Waals surface area contributed by atoms with E-state index >= 15 is 0 Å². The van der Waals surface area contributed by atoms with E-state index < -0.39 is 0 Å². The summed E-state index contributed by atoms with van der Waals surface area (Å²) in [5, 5.41) is 2.12. The van der Waals surface area contributed by atoms with Crippen molar-refractivity contribution in [2.45, 2.75) is 13.3 Å². The van der Waals surface area contributed by atoms with Crippen LogP contribution in [0.4, 0.5) is 8.78 Å². The summed E-state index contributed by atoms with van der Waals surface area (Å²) >= 11 is 2.31. The Hall–Kier alpha value is -4.23. The molecule has 0 radical (unpaired) electrons. The summed E-state index contributed by atoms with van der Waals surface area (Å²) in [7, 11) is 0. The predicted octanol–water partition coefficient (Wildman–Crippen LogP) is 10.4. The van der Waals surface area contributed by atoms with Crippen LogP contribution in [-0.4, -0.2) is 9.13 Å². The Balaban J connectivity index is 1.52. The van der Waals surface area contributed by atoms with Gasteiger partial charge in [0.1, 0.15) is 11.6 Å². The number of nitrogens with zero attached hydrogens (tertiary/aromatic N) is 2. The molecule has 7 aromatic rings. The molecule has 0 fully saturated rings. The number of aryl methyl sites for hydroxylation is 1. The normalized spacial score (nSPS) is 11.5. The van der Waals surface area contributed by atoms with E-state index in [1.54, 1.807) is 0 Å². The molecule has 0 aliphatic rings. The molecule has 0 saturated heterocycles. The third kappa shape index (κ3) is 4.64. The summed E-state index contributed by atoms with van der Waals surface area (Å²) in [5.41, 5.74) is 9.36. The summed E-state index contributed by atoms with van der Waals surface area (Å²) in [6.45, 7) is 2.15. The van der Waals surface area contributed by atoms with Gasteiger partial charge in [-0.05, 0) is 131 Å². The topological polar surface area (TPSA) is 9.86 Å². The number of hydrogen-bond acceptors (Lipinski definition) is 0. The van der Waals surface area contributed by atoms with Crippen molar-refractivity contribution < 1.29 is 8.78 Å². The Morgan fingerprint density at radius 1 is 0.537 bits per heavy atom. The number of halogens is 3. The van der Waals surface area contributed by atoms with Gasteiger partial charge in [0.05, 0.1) is 22.4 Å². The SMILES string of the molecule is CCc1ccc(-c2cc3cc4c(cc(-c5ccc(I)cc5)n4-c4ccc(F)cc4)cc3n2-c2ccc(F)cc2)cc1. The molecule has 5 heteroatoms. The van der Waals surface area contributed by atoms with Crippen LogP contribution in [0.5, 0.6) is 0 Å². The number of hydrogen-bond donors (Lipinski definition) is 0. The number of benzene rings is 5. The lowest BCUT2D eigenvalue weighted by Gasteiger charge is -2.13. The van der Waals surface area contributed by atoms with E-state index in [4.69, 9.17) is 0 Å². The molecule has 0 N–H and O–H groups in total. The van der Waals surface area contributed by atoms with Gasteiger partial charge in [0.2, 0.25) is 0 Å². The van der Waals surface area contributed by atoms with Crippen molar-refractivity contribution in [1.82, 2.24) is 9.13 Å². The molecule has 200 valence electrons. The third-order valence-corrected chi connectivity index (χ3v) is 8.41. The van der Waals surface area contributed by atoms with Gasteiger partial charge >= 0.3 is 0 Å². The average molecular weight is 651 g/mol. The Kier molecular flexibility index (Phi) is 6.47. The van der Waals surface area contributed by atoms with Gasteiger partial charge in [0, 0.05) is 25.7 Å². The van der Waals surface area contributed by atoms with Crippen LogP contribution in [0.2, 0.25) is 0 Å². The largest absolute Gasteiger partial charge is 0.309 e. The molecule has 5 aromatic carbocycles. The van der Waals surface area contributed by atoms with Gasteiger partial charge in [-0.25, -0.2) is 8.78 Å². The van der Waals surface area contributed by atoms with Crippen molar-refractivity contribution in [2.75, 3.05) is 0 Å². The molecule has 2 aromatic heterocycles. The van der Waals surface area contributed by atoms with Gasteiger partial charge in [-0.15, -0.1) is 0 Å². The lowest BCUT2D eigenvalue weighted by Crippen LogP contribution is -1.98. The van der Waals surface area contributed by atoms with E-state index in [1.807, 2.05) is 24.3 Å². The zero-order valence-electron chi connectivity index (χ0n) is 22.3. The van der Waals surface area contributed by atoms with Crippen LogP contribution in [0.3, 0.4) is 0 Å². The van der Waals surface area contributed by atoms with Crippen LogP contribution in [0, 0.1) is 15.2 Å². The molecule has 0 atom stereocenters. The van der Waals surface area contributed by atoms with E-state index in [9.17, 15) is 8.78 Å². The summed E-state index contributed by atoms with van der Waals surface area (Å²) in [5.74, 6) is -0.529. The number of rotatable bonds is 5. The Morgan fingerprint density at radius 2 is 0.951 bits per heavy atom. The number of aromatic nitrogens is 2. The van der Waals surface area contributed by atoms with Crippen molar-refractivity contribution >= 4 is 44.4 Å². The minimum absolute atomic E-state index is 0.264. The summed E-state index contributed by atoms with van der Waals surface area (Å²) in [6, 6.07) is 39.1. The van der Waals surface area contributed by atoms with Crippen molar-refractivity contribution in [3.8, 4) is 33.9 Å². The van der Waals surface area contributed by atoms with E-state index in [2.05, 4.69) is 111 Å². The molecular formula is C36H25F2IN2. The van der Waals surface area contributed by atoms with Crippen LogP contribution >= 0.6 is 22.6 Å². The smallest absolute Gasteiger partial charge is 0.123 e. The van der Waals surface area contributed by atoms with E-state index in [1.165, 1.54) is 29.8 Å². The fourth-order valence-corrected chi connectivity index (χ4v) is 5.96. The van der Waals surface area contributed by atoms with Crippen molar-refractivity contribution in [2.24, 2.45) is 0 Å². The molecule has 0 aliphatic carbocycles. The second kappa shape index (κ2) is 10.3. The summed E-state index contributed by atoms with van der Waals surface area (Å²) < 4.78 is 33.4. The van der Waals surface area contributed by atoms with E-state index in [0.29, 0.717) is 0 Å². The van der Waals surface area contributed by atoms with Gasteiger partial charge in [-0.2, -0.15) is 0 Å². The van der Waals surface area contributed by atoms with Crippen LogP contribution in [0.1, 0.15) is 12.5 Å². The molecule has 0 amide bonds. The number of fused-ring (bicyclic) bond motifs is 2.